The van der Waals surface area contributed by atoms with Gasteiger partial charge in [-0.2, -0.15) is 4.98 Å². The number of pyridine rings is 1. The van der Waals surface area contributed by atoms with Crippen molar-refractivity contribution < 1.29 is 9.59 Å². The van der Waals surface area contributed by atoms with Crippen LogP contribution in [0, 0.1) is 5.92 Å². The normalized spacial score (nSPS) is 11.7. The summed E-state index contributed by atoms with van der Waals surface area (Å²) in [6, 6.07) is 10.3. The molecule has 0 aliphatic carbocycles. The highest BCUT2D eigenvalue weighted by Crippen LogP contribution is 2.24. The van der Waals surface area contributed by atoms with Crippen molar-refractivity contribution in [3.63, 3.8) is 0 Å². The predicted molar refractivity (Wildman–Crippen MR) is 122 cm³/mol. The SMILES string of the molecule is CC(C)CC(Nc1nc(Nc2cccc(-c3cccnc3)c2)c(C(N)=O)c(=O)[nH]1)C(N)=O. The number of nitrogens with one attached hydrogen (secondary N) is 3. The second-order valence-electron chi connectivity index (χ2n) is 7.68. The number of hydrogen-bond acceptors (Lipinski definition) is 7. The monoisotopic (exact) mass is 435 g/mol. The van der Waals surface area contributed by atoms with Crippen LogP contribution in [0.4, 0.5) is 17.5 Å². The van der Waals surface area contributed by atoms with Gasteiger partial charge in [0.2, 0.25) is 11.9 Å². The van der Waals surface area contributed by atoms with Gasteiger partial charge < -0.3 is 22.1 Å². The Hall–Kier alpha value is -4.21. The highest BCUT2D eigenvalue weighted by molar-refractivity contribution is 5.98. The molecule has 0 bridgehead atoms. The van der Waals surface area contributed by atoms with Crippen molar-refractivity contribution in [3.8, 4) is 11.1 Å². The second kappa shape index (κ2) is 9.73. The summed E-state index contributed by atoms with van der Waals surface area (Å²) in [5.41, 5.74) is 12.1. The van der Waals surface area contributed by atoms with E-state index in [1.54, 1.807) is 18.5 Å². The van der Waals surface area contributed by atoms with Crippen molar-refractivity contribution in [1.82, 2.24) is 15.0 Å². The van der Waals surface area contributed by atoms with Gasteiger partial charge in [-0.3, -0.25) is 24.4 Å². The number of primary amides is 2. The Morgan fingerprint density at radius 2 is 1.88 bits per heavy atom. The first-order valence-electron chi connectivity index (χ1n) is 10.0. The minimum Gasteiger partial charge on any atom is -0.368 e. The van der Waals surface area contributed by atoms with Gasteiger partial charge in [-0.1, -0.05) is 32.0 Å². The molecule has 1 unspecified atom stereocenters. The lowest BCUT2D eigenvalue weighted by Crippen LogP contribution is -2.38. The second-order valence-corrected chi connectivity index (χ2v) is 7.68. The fourth-order valence-corrected chi connectivity index (χ4v) is 3.19. The van der Waals surface area contributed by atoms with Crippen molar-refractivity contribution in [3.05, 3.63) is 64.7 Å². The Morgan fingerprint density at radius 3 is 2.50 bits per heavy atom. The van der Waals surface area contributed by atoms with Crippen LogP contribution in [0.15, 0.2) is 53.6 Å². The molecule has 0 spiro atoms. The molecule has 2 heterocycles. The van der Waals surface area contributed by atoms with Crippen LogP contribution in [0.2, 0.25) is 0 Å². The molecule has 3 rings (SSSR count). The van der Waals surface area contributed by atoms with Crippen molar-refractivity contribution in [2.45, 2.75) is 26.3 Å². The minimum absolute atomic E-state index is 0.00429. The minimum atomic E-state index is -0.940. The maximum atomic E-state index is 12.6. The Labute approximate surface area is 184 Å². The molecular formula is C22H25N7O3. The van der Waals surface area contributed by atoms with Gasteiger partial charge in [0.15, 0.2) is 5.82 Å². The third-order valence-electron chi connectivity index (χ3n) is 4.65. The van der Waals surface area contributed by atoms with Crippen molar-refractivity contribution >= 4 is 29.3 Å². The Morgan fingerprint density at radius 1 is 1.12 bits per heavy atom. The van der Waals surface area contributed by atoms with Crippen LogP contribution in [0.25, 0.3) is 11.1 Å². The Kier molecular flexibility index (Phi) is 6.83. The number of benzene rings is 1. The van der Waals surface area contributed by atoms with Crippen molar-refractivity contribution in [1.29, 1.82) is 0 Å². The maximum absolute atomic E-state index is 12.6. The van der Waals surface area contributed by atoms with Crippen LogP contribution in [-0.4, -0.2) is 32.8 Å². The van der Waals surface area contributed by atoms with Crippen LogP contribution in [-0.2, 0) is 4.79 Å². The molecule has 10 nitrogen and oxygen atoms in total. The predicted octanol–water partition coefficient (Wildman–Crippen LogP) is 1.99. The van der Waals surface area contributed by atoms with E-state index in [0.717, 1.165) is 11.1 Å². The number of carbonyl (C=O) groups is 2. The molecule has 1 atom stereocenters. The number of nitrogens with zero attached hydrogens (tertiary/aromatic N) is 2. The number of carbonyl (C=O) groups excluding carboxylic acids is 2. The molecule has 0 aliphatic rings. The van der Waals surface area contributed by atoms with Gasteiger partial charge in [-0.25, -0.2) is 0 Å². The van der Waals surface area contributed by atoms with Crippen molar-refractivity contribution in [2.24, 2.45) is 17.4 Å². The maximum Gasteiger partial charge on any atom is 0.267 e. The third kappa shape index (κ3) is 5.48. The average molecular weight is 435 g/mol. The lowest BCUT2D eigenvalue weighted by atomic mass is 10.0. The number of H-pyrrole nitrogens is 1. The smallest absolute Gasteiger partial charge is 0.267 e. The quantitative estimate of drug-likeness (QED) is 0.342. The van der Waals surface area contributed by atoms with E-state index in [0.29, 0.717) is 12.1 Å². The molecule has 0 aliphatic heterocycles. The van der Waals surface area contributed by atoms with E-state index in [1.807, 2.05) is 44.2 Å². The molecule has 0 saturated heterocycles. The largest absolute Gasteiger partial charge is 0.368 e. The third-order valence-corrected chi connectivity index (χ3v) is 4.65. The first-order valence-corrected chi connectivity index (χ1v) is 10.0. The van der Waals surface area contributed by atoms with E-state index in [2.05, 4.69) is 25.6 Å². The molecule has 2 aromatic heterocycles. The van der Waals surface area contributed by atoms with Gasteiger partial charge in [0.05, 0.1) is 0 Å². The number of rotatable bonds is 9. The van der Waals surface area contributed by atoms with E-state index in [9.17, 15) is 14.4 Å². The zero-order valence-corrected chi connectivity index (χ0v) is 17.8. The van der Waals surface area contributed by atoms with Gasteiger partial charge in [-0.05, 0) is 36.1 Å². The van der Waals surface area contributed by atoms with Gasteiger partial charge in [0.25, 0.3) is 11.5 Å². The number of amides is 2. The summed E-state index contributed by atoms with van der Waals surface area (Å²) in [5.74, 6) is -1.40. The summed E-state index contributed by atoms with van der Waals surface area (Å²) in [6.07, 6.45) is 3.84. The standard InChI is InChI=1S/C22H25N7O3/c1-12(2)9-16(18(23)30)27-22-28-20(17(19(24)31)21(32)29-22)26-15-7-3-5-13(10-15)14-6-4-8-25-11-14/h3-8,10-12,16H,9H2,1-2H3,(H2,23,30)(H2,24,31)(H3,26,27,28,29,32). The number of aromatic amines is 1. The first kappa shape index (κ1) is 22.5. The Bertz CT molecular complexity index is 1180. The van der Waals surface area contributed by atoms with Crippen LogP contribution in [0.1, 0.15) is 30.6 Å². The summed E-state index contributed by atoms with van der Waals surface area (Å²) in [7, 11) is 0. The summed E-state index contributed by atoms with van der Waals surface area (Å²) in [4.78, 5) is 47.1. The van der Waals surface area contributed by atoms with Crippen LogP contribution in [0.3, 0.4) is 0 Å². The highest BCUT2D eigenvalue weighted by Gasteiger charge is 2.21. The zero-order chi connectivity index (χ0) is 23.3. The van der Waals surface area contributed by atoms with Crippen molar-refractivity contribution in [2.75, 3.05) is 10.6 Å². The van der Waals surface area contributed by atoms with E-state index in [1.165, 1.54) is 0 Å². The number of nitrogens with two attached hydrogens (primary N) is 2. The number of anilines is 3. The van der Waals surface area contributed by atoms with E-state index in [4.69, 9.17) is 11.5 Å². The van der Waals surface area contributed by atoms with E-state index in [-0.39, 0.29) is 23.2 Å². The molecule has 32 heavy (non-hydrogen) atoms. The molecule has 10 heteroatoms. The van der Waals surface area contributed by atoms with Crippen LogP contribution in [0.5, 0.6) is 0 Å². The molecule has 3 aromatic rings. The molecule has 7 N–H and O–H groups in total. The van der Waals surface area contributed by atoms with Gasteiger partial charge >= 0.3 is 0 Å². The van der Waals surface area contributed by atoms with Crippen LogP contribution >= 0.6 is 0 Å². The molecule has 2 amide bonds. The summed E-state index contributed by atoms with van der Waals surface area (Å²) in [6.45, 7) is 3.87. The zero-order valence-electron chi connectivity index (χ0n) is 17.8. The fourth-order valence-electron chi connectivity index (χ4n) is 3.19. The lowest BCUT2D eigenvalue weighted by Gasteiger charge is -2.18. The van der Waals surface area contributed by atoms with Gasteiger partial charge in [0, 0.05) is 23.6 Å². The van der Waals surface area contributed by atoms with Gasteiger partial charge in [0.1, 0.15) is 11.6 Å². The topological polar surface area (TPSA) is 169 Å². The summed E-state index contributed by atoms with van der Waals surface area (Å²) < 4.78 is 0. The molecule has 0 radical (unpaired) electrons. The molecule has 166 valence electrons. The first-order chi connectivity index (χ1) is 15.2. The van der Waals surface area contributed by atoms with E-state index >= 15 is 0 Å². The molecule has 1 aromatic carbocycles. The lowest BCUT2D eigenvalue weighted by molar-refractivity contribution is -0.119. The van der Waals surface area contributed by atoms with Gasteiger partial charge in [-0.15, -0.1) is 0 Å². The van der Waals surface area contributed by atoms with Crippen LogP contribution < -0.4 is 27.7 Å². The highest BCUT2D eigenvalue weighted by atomic mass is 16.2. The Balaban J connectivity index is 1.97. The fraction of sp³-hybridized carbons (Fsp3) is 0.227. The molecule has 0 saturated carbocycles. The summed E-state index contributed by atoms with van der Waals surface area (Å²) >= 11 is 0. The molecule has 0 fully saturated rings. The number of hydrogen-bond donors (Lipinski definition) is 5. The average Bonchev–Trinajstić information content (AvgIpc) is 2.73. The molecular weight excluding hydrogens is 410 g/mol. The number of aromatic nitrogens is 3. The summed E-state index contributed by atoms with van der Waals surface area (Å²) in [5, 5.41) is 5.82. The van der Waals surface area contributed by atoms with E-state index < -0.39 is 23.4 Å².